The number of anilines is 1. The van der Waals surface area contributed by atoms with Crippen molar-refractivity contribution in [2.75, 3.05) is 4.90 Å². The van der Waals surface area contributed by atoms with Gasteiger partial charge in [-0.3, -0.25) is 19.9 Å². The number of nitrogens with zero attached hydrogens (tertiary/aromatic N) is 5. The van der Waals surface area contributed by atoms with E-state index in [1.807, 2.05) is 18.3 Å². The second-order valence-electron chi connectivity index (χ2n) is 8.49. The lowest BCUT2D eigenvalue weighted by molar-refractivity contribution is -0.123. The third-order valence-corrected chi connectivity index (χ3v) is 6.34. The van der Waals surface area contributed by atoms with Crippen LogP contribution in [0.25, 0.3) is 11.2 Å². The van der Waals surface area contributed by atoms with Gasteiger partial charge in [-0.05, 0) is 24.0 Å². The van der Waals surface area contributed by atoms with Crippen molar-refractivity contribution in [2.45, 2.75) is 26.3 Å². The summed E-state index contributed by atoms with van der Waals surface area (Å²) in [5, 5.41) is 6.75. The minimum absolute atomic E-state index is 0. The number of nitrogens with one attached hydrogen (secondary N) is 1. The van der Waals surface area contributed by atoms with Crippen LogP contribution in [0.4, 0.5) is 5.69 Å². The number of imide groups is 1. The van der Waals surface area contributed by atoms with E-state index in [9.17, 15) is 9.59 Å². The summed E-state index contributed by atoms with van der Waals surface area (Å²) in [7, 11) is 0. The molecule has 33 heavy (non-hydrogen) atoms. The van der Waals surface area contributed by atoms with Gasteiger partial charge in [0.15, 0.2) is 5.65 Å². The molecule has 3 aliphatic heterocycles. The highest BCUT2D eigenvalue weighted by atomic mass is 35.5. The number of rotatable bonds is 3. The van der Waals surface area contributed by atoms with Crippen LogP contribution in [0.2, 0.25) is 0 Å². The smallest absolute Gasteiger partial charge is 0.261 e. The van der Waals surface area contributed by atoms with Crippen LogP contribution < -0.4 is 10.2 Å². The second-order valence-corrected chi connectivity index (χ2v) is 8.49. The first-order chi connectivity index (χ1) is 15.5. The molecular formula is C24H21ClN6O2. The van der Waals surface area contributed by atoms with Gasteiger partial charge in [-0.25, -0.2) is 9.50 Å². The fraction of sp³-hybridized carbons (Fsp3) is 0.208. The van der Waals surface area contributed by atoms with Crippen LogP contribution in [-0.4, -0.2) is 38.2 Å². The third kappa shape index (κ3) is 3.01. The Morgan fingerprint density at radius 3 is 2.73 bits per heavy atom. The van der Waals surface area contributed by atoms with Gasteiger partial charge in [0.1, 0.15) is 0 Å². The summed E-state index contributed by atoms with van der Waals surface area (Å²) in [5.41, 5.74) is 5.11. The first kappa shape index (κ1) is 21.1. The topological polar surface area (TPSA) is 92.0 Å². The van der Waals surface area contributed by atoms with E-state index in [0.717, 1.165) is 17.7 Å². The number of fused-ring (bicyclic) bond motifs is 1. The Kier molecular flexibility index (Phi) is 4.90. The van der Waals surface area contributed by atoms with Gasteiger partial charge in [-0.15, -0.1) is 12.4 Å². The largest absolute Gasteiger partial charge is 0.342 e. The van der Waals surface area contributed by atoms with Gasteiger partial charge < -0.3 is 4.90 Å². The molecule has 1 aromatic carbocycles. The zero-order chi connectivity index (χ0) is 22.0. The Balaban J connectivity index is 0.00000228. The Hall–Kier alpha value is -3.78. The van der Waals surface area contributed by atoms with Gasteiger partial charge in [0.25, 0.3) is 11.8 Å². The Labute approximate surface area is 196 Å². The zero-order valence-corrected chi connectivity index (χ0v) is 18.8. The molecule has 2 aromatic heterocycles. The van der Waals surface area contributed by atoms with Crippen molar-refractivity contribution in [1.29, 1.82) is 0 Å². The van der Waals surface area contributed by atoms with Crippen molar-refractivity contribution >= 4 is 46.8 Å². The summed E-state index contributed by atoms with van der Waals surface area (Å²) >= 11 is 0. The standard InChI is InChI=1S/C24H20N6O2.ClH/c1-13(2)17-11-14-5-3-6-15-20(25-8-10-29(17)21(14)15)19-18(23(31)28-24(19)32)16-12-27-30-9-4-7-26-22(16)30;/h3-10,12-13,17H,11H2,1-2H3,(H,28,31,32);1H. The maximum Gasteiger partial charge on any atom is 0.261 e. The highest BCUT2D eigenvalue weighted by Crippen LogP contribution is 2.41. The van der Waals surface area contributed by atoms with Crippen molar-refractivity contribution in [3.8, 4) is 0 Å². The SMILES string of the molecule is CC(C)C1Cc2cccc3c2N1C=CN=C3C1=C(c2cnn3cccnc23)C(=O)NC1=O.Cl. The average molecular weight is 461 g/mol. The lowest BCUT2D eigenvalue weighted by atomic mass is 9.93. The summed E-state index contributed by atoms with van der Waals surface area (Å²) < 4.78 is 1.58. The van der Waals surface area contributed by atoms with Crippen molar-refractivity contribution in [3.05, 3.63) is 77.5 Å². The molecule has 0 fully saturated rings. The van der Waals surface area contributed by atoms with E-state index in [1.54, 1.807) is 35.4 Å². The summed E-state index contributed by atoms with van der Waals surface area (Å²) in [6, 6.07) is 8.15. The monoisotopic (exact) mass is 460 g/mol. The molecule has 0 spiro atoms. The summed E-state index contributed by atoms with van der Waals surface area (Å²) in [6.07, 6.45) is 9.57. The van der Waals surface area contributed by atoms with Crippen molar-refractivity contribution in [1.82, 2.24) is 19.9 Å². The first-order valence-corrected chi connectivity index (χ1v) is 10.6. The van der Waals surface area contributed by atoms with Crippen LogP contribution in [0.5, 0.6) is 0 Å². The summed E-state index contributed by atoms with van der Waals surface area (Å²) in [4.78, 5) is 37.3. The predicted octanol–water partition coefficient (Wildman–Crippen LogP) is 2.92. The van der Waals surface area contributed by atoms with Gasteiger partial charge in [-0.1, -0.05) is 32.0 Å². The maximum absolute atomic E-state index is 13.0. The van der Waals surface area contributed by atoms with Crippen molar-refractivity contribution in [2.24, 2.45) is 10.9 Å². The van der Waals surface area contributed by atoms with Crippen LogP contribution in [-0.2, 0) is 16.0 Å². The molecule has 1 atom stereocenters. The lowest BCUT2D eigenvalue weighted by Gasteiger charge is -2.27. The highest BCUT2D eigenvalue weighted by Gasteiger charge is 2.40. The van der Waals surface area contributed by atoms with Gasteiger partial charge in [-0.2, -0.15) is 5.10 Å². The molecule has 0 radical (unpaired) electrons. The van der Waals surface area contributed by atoms with Gasteiger partial charge >= 0.3 is 0 Å². The van der Waals surface area contributed by atoms with Crippen LogP contribution in [0.3, 0.4) is 0 Å². The first-order valence-electron chi connectivity index (χ1n) is 10.6. The van der Waals surface area contributed by atoms with Crippen LogP contribution in [0, 0.1) is 5.92 Å². The number of carbonyl (C=O) groups is 2. The van der Waals surface area contributed by atoms with Crippen molar-refractivity contribution < 1.29 is 9.59 Å². The number of hydrogen-bond acceptors (Lipinski definition) is 6. The Morgan fingerprint density at radius 2 is 1.91 bits per heavy atom. The molecule has 1 unspecified atom stereocenters. The van der Waals surface area contributed by atoms with E-state index in [0.29, 0.717) is 28.9 Å². The molecule has 0 saturated carbocycles. The summed E-state index contributed by atoms with van der Waals surface area (Å²) in [6.45, 7) is 4.41. The van der Waals surface area contributed by atoms with Crippen LogP contribution in [0.15, 0.2) is 65.8 Å². The fourth-order valence-electron chi connectivity index (χ4n) is 4.87. The molecule has 9 heteroatoms. The van der Waals surface area contributed by atoms with Gasteiger partial charge in [0.2, 0.25) is 0 Å². The normalized spacial score (nSPS) is 19.1. The maximum atomic E-state index is 13.0. The lowest BCUT2D eigenvalue weighted by Crippen LogP contribution is -2.32. The number of halogens is 1. The molecule has 8 nitrogen and oxygen atoms in total. The number of benzene rings is 1. The summed E-state index contributed by atoms with van der Waals surface area (Å²) in [5.74, 6) is -0.486. The van der Waals surface area contributed by atoms with Crippen molar-refractivity contribution in [3.63, 3.8) is 0 Å². The molecule has 0 saturated heterocycles. The minimum Gasteiger partial charge on any atom is -0.342 e. The quantitative estimate of drug-likeness (QED) is 0.607. The zero-order valence-electron chi connectivity index (χ0n) is 18.0. The fourth-order valence-corrected chi connectivity index (χ4v) is 4.87. The second kappa shape index (κ2) is 7.67. The minimum atomic E-state index is -0.467. The van der Waals surface area contributed by atoms with E-state index in [4.69, 9.17) is 0 Å². The molecule has 6 rings (SSSR count). The van der Waals surface area contributed by atoms with E-state index < -0.39 is 11.8 Å². The number of aliphatic imine (C=N–C) groups is 1. The Bertz CT molecular complexity index is 1420. The predicted molar refractivity (Wildman–Crippen MR) is 127 cm³/mol. The molecule has 3 aromatic rings. The van der Waals surface area contributed by atoms with E-state index >= 15 is 0 Å². The molecular weight excluding hydrogens is 440 g/mol. The molecule has 0 bridgehead atoms. The number of amides is 2. The molecule has 166 valence electrons. The van der Waals surface area contributed by atoms with E-state index in [-0.39, 0.29) is 23.6 Å². The van der Waals surface area contributed by atoms with Gasteiger partial charge in [0.05, 0.1) is 34.3 Å². The molecule has 5 heterocycles. The van der Waals surface area contributed by atoms with Crippen LogP contribution in [0.1, 0.15) is 30.5 Å². The van der Waals surface area contributed by atoms with E-state index in [2.05, 4.69) is 45.2 Å². The number of carbonyl (C=O) groups excluding carboxylic acids is 2. The number of hydrogen-bond donors (Lipinski definition) is 1. The molecule has 1 N–H and O–H groups in total. The van der Waals surface area contributed by atoms with E-state index in [1.165, 1.54) is 5.56 Å². The number of para-hydroxylation sites is 1. The highest BCUT2D eigenvalue weighted by molar-refractivity contribution is 6.48. The van der Waals surface area contributed by atoms with Gasteiger partial charge in [0, 0.05) is 36.4 Å². The molecule has 0 aliphatic carbocycles. The number of aromatic nitrogens is 3. The average Bonchev–Trinajstić information content (AvgIpc) is 3.40. The third-order valence-electron chi connectivity index (χ3n) is 6.34. The molecule has 2 amide bonds. The van der Waals surface area contributed by atoms with Crippen LogP contribution >= 0.6 is 12.4 Å². The molecule has 3 aliphatic rings. The Morgan fingerprint density at radius 1 is 1.09 bits per heavy atom.